The highest BCUT2D eigenvalue weighted by Gasteiger charge is 2.25. The Morgan fingerprint density at radius 2 is 1.72 bits per heavy atom. The van der Waals surface area contributed by atoms with Crippen molar-refractivity contribution in [2.24, 2.45) is 0 Å². The highest BCUT2D eigenvalue weighted by atomic mass is 35.5. The first kappa shape index (κ1) is 20.5. The Morgan fingerprint density at radius 1 is 0.966 bits per heavy atom. The van der Waals surface area contributed by atoms with Gasteiger partial charge in [0, 0.05) is 21.2 Å². The van der Waals surface area contributed by atoms with Crippen molar-refractivity contribution in [1.82, 2.24) is 0 Å². The van der Waals surface area contributed by atoms with Crippen LogP contribution in [0.2, 0.25) is 5.02 Å². The lowest BCUT2D eigenvalue weighted by Crippen LogP contribution is -2.41. The topological polar surface area (TPSA) is 9.23 Å². The van der Waals surface area contributed by atoms with Gasteiger partial charge in [-0.05, 0) is 34.9 Å². The zero-order chi connectivity index (χ0) is 20.3. The van der Waals surface area contributed by atoms with Gasteiger partial charge >= 0.3 is 0 Å². The van der Waals surface area contributed by atoms with Gasteiger partial charge in [0.15, 0.2) is 0 Å². The molecule has 0 bridgehead atoms. The number of quaternary nitrogens is 1. The quantitative estimate of drug-likeness (QED) is 0.427. The van der Waals surface area contributed by atoms with E-state index < -0.39 is 0 Å². The molecule has 3 aromatic carbocycles. The van der Waals surface area contributed by atoms with E-state index in [9.17, 15) is 0 Å². The predicted octanol–water partition coefficient (Wildman–Crippen LogP) is 6.33. The van der Waals surface area contributed by atoms with Gasteiger partial charge in [-0.2, -0.15) is 0 Å². The Kier molecular flexibility index (Phi) is 6.31. The van der Waals surface area contributed by atoms with Crippen molar-refractivity contribution in [3.63, 3.8) is 0 Å². The number of rotatable bonds is 6. The van der Waals surface area contributed by atoms with Crippen molar-refractivity contribution in [2.75, 3.05) is 27.2 Å². The molecule has 1 aliphatic heterocycles. The van der Waals surface area contributed by atoms with Crippen LogP contribution in [0.1, 0.15) is 28.4 Å². The number of halogens is 1. The first-order chi connectivity index (χ1) is 14.0. The van der Waals surface area contributed by atoms with E-state index in [1.54, 1.807) is 0 Å². The normalized spacial score (nSPS) is 16.0. The minimum Gasteiger partial charge on any atom is -0.363 e. The summed E-state index contributed by atoms with van der Waals surface area (Å²) in [6.45, 7) is 2.56. The Balaban J connectivity index is 1.49. The van der Waals surface area contributed by atoms with Gasteiger partial charge in [0.1, 0.15) is 19.2 Å². The van der Waals surface area contributed by atoms with Gasteiger partial charge in [0.05, 0.1) is 20.7 Å². The van der Waals surface area contributed by atoms with Crippen LogP contribution in [0.5, 0.6) is 0 Å². The second kappa shape index (κ2) is 8.93. The van der Waals surface area contributed by atoms with E-state index in [2.05, 4.69) is 74.8 Å². The summed E-state index contributed by atoms with van der Waals surface area (Å²) in [5.74, 6) is 0.989. The van der Waals surface area contributed by atoms with E-state index in [0.29, 0.717) is 6.61 Å². The van der Waals surface area contributed by atoms with E-state index in [1.807, 2.05) is 23.9 Å². The monoisotopic (exact) mass is 424 g/mol. The average Bonchev–Trinajstić information content (AvgIpc) is 2.85. The number of likely N-dealkylation sites (N-methyl/N-ethyl adjacent to an activating group) is 1. The standard InChI is InChI=1S/C25H27ClNOS/c1-27(2,17-19-8-7-10-21(26)16-19)14-15-28-25-22-11-4-3-9-20(22)18-29-24-13-6-5-12-23(24)25/h3-13,16,25H,14-15,17-18H2,1-2H3/q+1. The van der Waals surface area contributed by atoms with Gasteiger partial charge < -0.3 is 9.22 Å². The third-order valence-corrected chi connectivity index (χ3v) is 6.78. The van der Waals surface area contributed by atoms with Crippen molar-refractivity contribution < 1.29 is 9.22 Å². The summed E-state index contributed by atoms with van der Waals surface area (Å²) in [6.07, 6.45) is -0.0106. The van der Waals surface area contributed by atoms with Gasteiger partial charge in [-0.1, -0.05) is 66.2 Å². The van der Waals surface area contributed by atoms with E-state index in [1.165, 1.54) is 27.1 Å². The summed E-state index contributed by atoms with van der Waals surface area (Å²) in [4.78, 5) is 1.32. The molecule has 0 saturated heterocycles. The smallest absolute Gasteiger partial charge is 0.109 e. The molecule has 4 rings (SSSR count). The molecule has 0 aromatic heterocycles. The average molecular weight is 425 g/mol. The summed E-state index contributed by atoms with van der Waals surface area (Å²) in [5, 5.41) is 0.794. The third kappa shape index (κ3) is 5.04. The molecule has 2 nitrogen and oxygen atoms in total. The summed E-state index contributed by atoms with van der Waals surface area (Å²) >= 11 is 8.06. The van der Waals surface area contributed by atoms with Crippen molar-refractivity contribution in [3.05, 3.63) is 100 Å². The molecule has 1 heterocycles. The Morgan fingerprint density at radius 3 is 2.55 bits per heavy atom. The number of ether oxygens (including phenoxy) is 1. The highest BCUT2D eigenvalue weighted by molar-refractivity contribution is 7.98. The van der Waals surface area contributed by atoms with Crippen LogP contribution in [0, 0.1) is 0 Å². The zero-order valence-corrected chi connectivity index (χ0v) is 18.5. The lowest BCUT2D eigenvalue weighted by Gasteiger charge is -2.31. The van der Waals surface area contributed by atoms with Crippen LogP contribution in [0.4, 0.5) is 0 Å². The maximum atomic E-state index is 6.56. The summed E-state index contributed by atoms with van der Waals surface area (Å²) in [5.41, 5.74) is 5.20. The number of fused-ring (bicyclic) bond motifs is 2. The fourth-order valence-corrected chi connectivity index (χ4v) is 5.18. The molecule has 0 saturated carbocycles. The van der Waals surface area contributed by atoms with Crippen molar-refractivity contribution in [2.45, 2.75) is 23.3 Å². The van der Waals surface area contributed by atoms with Crippen molar-refractivity contribution >= 4 is 23.4 Å². The SMILES string of the molecule is C[N+](C)(CCOC1c2ccccc2CSc2ccccc21)Cc1cccc(Cl)c1. The molecule has 3 aromatic rings. The van der Waals surface area contributed by atoms with Gasteiger partial charge in [0.25, 0.3) is 0 Å². The molecule has 1 unspecified atom stereocenters. The molecule has 0 amide bonds. The van der Waals surface area contributed by atoms with Crippen LogP contribution < -0.4 is 0 Å². The third-order valence-electron chi connectivity index (χ3n) is 5.40. The largest absolute Gasteiger partial charge is 0.363 e. The Labute approximate surface area is 183 Å². The van der Waals surface area contributed by atoms with Crippen LogP contribution in [0.3, 0.4) is 0 Å². The first-order valence-corrected chi connectivity index (χ1v) is 11.4. The maximum absolute atomic E-state index is 6.56. The van der Waals surface area contributed by atoms with Gasteiger partial charge in [-0.15, -0.1) is 11.8 Å². The van der Waals surface area contributed by atoms with E-state index >= 15 is 0 Å². The summed E-state index contributed by atoms with van der Waals surface area (Å²) in [6, 6.07) is 25.5. The first-order valence-electron chi connectivity index (χ1n) is 9.99. The highest BCUT2D eigenvalue weighted by Crippen LogP contribution is 2.41. The molecule has 150 valence electrons. The molecule has 1 atom stereocenters. The molecule has 4 heteroatoms. The minimum atomic E-state index is -0.0106. The second-order valence-electron chi connectivity index (χ2n) is 8.22. The van der Waals surface area contributed by atoms with Gasteiger partial charge in [-0.25, -0.2) is 0 Å². The summed E-state index contributed by atoms with van der Waals surface area (Å²) < 4.78 is 7.41. The van der Waals surface area contributed by atoms with Crippen LogP contribution in [0.25, 0.3) is 0 Å². The Bertz CT molecular complexity index is 940. The number of thioether (sulfide) groups is 1. The van der Waals surface area contributed by atoms with Crippen LogP contribution in [0.15, 0.2) is 77.7 Å². The van der Waals surface area contributed by atoms with E-state index in [4.69, 9.17) is 16.3 Å². The molecular weight excluding hydrogens is 398 g/mol. The molecule has 0 spiro atoms. The Hall–Kier alpha value is -1.78. The molecule has 1 aliphatic rings. The predicted molar refractivity (Wildman–Crippen MR) is 122 cm³/mol. The van der Waals surface area contributed by atoms with Crippen LogP contribution in [-0.4, -0.2) is 31.7 Å². The maximum Gasteiger partial charge on any atom is 0.109 e. The van der Waals surface area contributed by atoms with Crippen molar-refractivity contribution in [1.29, 1.82) is 0 Å². The van der Waals surface area contributed by atoms with E-state index in [0.717, 1.165) is 28.3 Å². The van der Waals surface area contributed by atoms with Crippen LogP contribution >= 0.6 is 23.4 Å². The lowest BCUT2D eigenvalue weighted by molar-refractivity contribution is -0.904. The lowest BCUT2D eigenvalue weighted by atomic mass is 9.97. The number of hydrogen-bond donors (Lipinski definition) is 0. The van der Waals surface area contributed by atoms with E-state index in [-0.39, 0.29) is 6.10 Å². The second-order valence-corrected chi connectivity index (χ2v) is 9.68. The zero-order valence-electron chi connectivity index (χ0n) is 17.0. The van der Waals surface area contributed by atoms with Gasteiger partial charge in [-0.3, -0.25) is 0 Å². The number of benzene rings is 3. The molecule has 0 aliphatic carbocycles. The van der Waals surface area contributed by atoms with Gasteiger partial charge in [0.2, 0.25) is 0 Å². The molecule has 0 fully saturated rings. The molecule has 0 radical (unpaired) electrons. The summed E-state index contributed by atoms with van der Waals surface area (Å²) in [7, 11) is 4.49. The fraction of sp³-hybridized carbons (Fsp3) is 0.280. The number of hydrogen-bond acceptors (Lipinski definition) is 2. The molecule has 0 N–H and O–H groups in total. The van der Waals surface area contributed by atoms with Crippen molar-refractivity contribution in [3.8, 4) is 0 Å². The number of nitrogens with zero attached hydrogens (tertiary/aromatic N) is 1. The fourth-order valence-electron chi connectivity index (χ4n) is 3.88. The molecular formula is C25H27ClNOS+. The van der Waals surface area contributed by atoms with Crippen LogP contribution in [-0.2, 0) is 17.0 Å². The molecule has 29 heavy (non-hydrogen) atoms. The minimum absolute atomic E-state index is 0.0106.